The number of carbonyl (C=O) groups is 1. The van der Waals surface area contributed by atoms with Crippen molar-refractivity contribution in [2.75, 3.05) is 13.2 Å². The molecule has 0 radical (unpaired) electrons. The van der Waals surface area contributed by atoms with Gasteiger partial charge in [-0.1, -0.05) is 0 Å². The van der Waals surface area contributed by atoms with Crippen LogP contribution in [0.15, 0.2) is 22.7 Å². The molecular formula is C11H10BrN3O4. The Labute approximate surface area is 117 Å². The minimum Gasteiger partial charge on any atom is -0.482 e. The predicted octanol–water partition coefficient (Wildman–Crippen LogP) is 1.77. The highest BCUT2D eigenvalue weighted by atomic mass is 79.9. The van der Waals surface area contributed by atoms with Crippen molar-refractivity contribution in [2.45, 2.75) is 6.42 Å². The van der Waals surface area contributed by atoms with Crippen molar-refractivity contribution in [2.24, 2.45) is 0 Å². The van der Waals surface area contributed by atoms with Crippen LogP contribution in [0.1, 0.15) is 6.42 Å². The third-order valence-electron chi connectivity index (χ3n) is 2.04. The maximum Gasteiger partial charge on any atom is 0.273 e. The fourth-order valence-corrected chi connectivity index (χ4v) is 1.53. The summed E-state index contributed by atoms with van der Waals surface area (Å²) in [5, 5.41) is 21.4. The van der Waals surface area contributed by atoms with E-state index >= 15 is 0 Å². The molecule has 19 heavy (non-hydrogen) atoms. The second kappa shape index (κ2) is 7.33. The molecule has 1 aromatic carbocycles. The standard InChI is InChI=1S/C11H10BrN3O4/c12-9-3-2-8(15(17)18)6-10(9)19-7-11(16)14-5-1-4-13/h2-3,6H,1,5,7H2,(H,14,16). The number of rotatable bonds is 6. The number of amides is 1. The zero-order valence-electron chi connectivity index (χ0n) is 9.76. The number of nitro benzene ring substituents is 1. The number of nitriles is 1. The van der Waals surface area contributed by atoms with Crippen molar-refractivity contribution in [1.29, 1.82) is 5.26 Å². The molecule has 0 aliphatic rings. The Hall–Kier alpha value is -2.14. The number of halogens is 1. The summed E-state index contributed by atoms with van der Waals surface area (Å²) in [4.78, 5) is 21.4. The summed E-state index contributed by atoms with van der Waals surface area (Å²) in [6, 6.07) is 5.91. The molecular weight excluding hydrogens is 318 g/mol. The summed E-state index contributed by atoms with van der Waals surface area (Å²) in [6.45, 7) is -0.0278. The lowest BCUT2D eigenvalue weighted by atomic mass is 10.3. The van der Waals surface area contributed by atoms with E-state index < -0.39 is 10.8 Å². The van der Waals surface area contributed by atoms with Gasteiger partial charge in [-0.15, -0.1) is 0 Å². The number of carbonyl (C=O) groups excluding carboxylic acids is 1. The van der Waals surface area contributed by atoms with Crippen molar-refractivity contribution in [1.82, 2.24) is 5.32 Å². The molecule has 0 aliphatic heterocycles. The summed E-state index contributed by atoms with van der Waals surface area (Å²) >= 11 is 3.17. The second-order valence-electron chi connectivity index (χ2n) is 3.42. The first kappa shape index (κ1) is 14.9. The molecule has 0 aromatic heterocycles. The van der Waals surface area contributed by atoms with Crippen molar-refractivity contribution in [3.05, 3.63) is 32.8 Å². The molecule has 0 saturated heterocycles. The lowest BCUT2D eigenvalue weighted by Gasteiger charge is -2.07. The van der Waals surface area contributed by atoms with Crippen LogP contribution in [-0.2, 0) is 4.79 Å². The van der Waals surface area contributed by atoms with Crippen molar-refractivity contribution < 1.29 is 14.5 Å². The van der Waals surface area contributed by atoms with E-state index in [0.29, 0.717) is 4.47 Å². The Morgan fingerprint density at radius 3 is 2.95 bits per heavy atom. The Bertz CT molecular complexity index is 527. The molecule has 8 heteroatoms. The quantitative estimate of drug-likeness (QED) is 0.487. The Morgan fingerprint density at radius 2 is 2.32 bits per heavy atom. The normalized spacial score (nSPS) is 9.47. The Morgan fingerprint density at radius 1 is 1.58 bits per heavy atom. The SMILES string of the molecule is N#CCCNC(=O)COc1cc([N+](=O)[O-])ccc1Br. The largest absolute Gasteiger partial charge is 0.482 e. The van der Waals surface area contributed by atoms with Gasteiger partial charge in [0.05, 0.1) is 28.0 Å². The number of hydrogen-bond acceptors (Lipinski definition) is 5. The smallest absolute Gasteiger partial charge is 0.273 e. The predicted molar refractivity (Wildman–Crippen MR) is 69.5 cm³/mol. The average molecular weight is 328 g/mol. The average Bonchev–Trinajstić information content (AvgIpc) is 2.37. The second-order valence-corrected chi connectivity index (χ2v) is 4.27. The van der Waals surface area contributed by atoms with Crippen LogP contribution in [0, 0.1) is 21.4 Å². The molecule has 1 N–H and O–H groups in total. The lowest BCUT2D eigenvalue weighted by molar-refractivity contribution is -0.385. The first-order valence-corrected chi connectivity index (χ1v) is 6.04. The fourth-order valence-electron chi connectivity index (χ4n) is 1.17. The highest BCUT2D eigenvalue weighted by molar-refractivity contribution is 9.10. The number of non-ortho nitro benzene ring substituents is 1. The molecule has 0 unspecified atom stereocenters. The third-order valence-corrected chi connectivity index (χ3v) is 2.70. The molecule has 0 fully saturated rings. The lowest BCUT2D eigenvalue weighted by Crippen LogP contribution is -2.29. The Balaban J connectivity index is 2.57. The maximum atomic E-state index is 11.3. The van der Waals surface area contributed by atoms with Gasteiger partial charge in [0.15, 0.2) is 6.61 Å². The Kier molecular flexibility index (Phi) is 5.75. The highest BCUT2D eigenvalue weighted by Gasteiger charge is 2.11. The number of benzene rings is 1. The van der Waals surface area contributed by atoms with E-state index in [1.54, 1.807) is 0 Å². The van der Waals surface area contributed by atoms with Gasteiger partial charge in [0, 0.05) is 12.6 Å². The first-order chi connectivity index (χ1) is 9.04. The molecule has 0 aliphatic carbocycles. The van der Waals surface area contributed by atoms with Gasteiger partial charge in [0.2, 0.25) is 0 Å². The van der Waals surface area contributed by atoms with Crippen molar-refractivity contribution in [3.8, 4) is 11.8 Å². The molecule has 1 aromatic rings. The van der Waals surface area contributed by atoms with Crippen molar-refractivity contribution in [3.63, 3.8) is 0 Å². The van der Waals surface area contributed by atoms with Gasteiger partial charge < -0.3 is 10.1 Å². The molecule has 1 amide bonds. The number of ether oxygens (including phenoxy) is 1. The molecule has 0 bridgehead atoms. The minimum absolute atomic E-state index is 0.122. The van der Waals surface area contributed by atoms with Gasteiger partial charge in [-0.3, -0.25) is 14.9 Å². The first-order valence-electron chi connectivity index (χ1n) is 5.25. The molecule has 100 valence electrons. The molecule has 0 spiro atoms. The van der Waals surface area contributed by atoms with Crippen LogP contribution in [0.25, 0.3) is 0 Å². The van der Waals surface area contributed by atoms with Crippen molar-refractivity contribution >= 4 is 27.5 Å². The van der Waals surface area contributed by atoms with Gasteiger partial charge in [-0.25, -0.2) is 0 Å². The van der Waals surface area contributed by atoms with Gasteiger partial charge in [-0.2, -0.15) is 5.26 Å². The number of hydrogen-bond donors (Lipinski definition) is 1. The summed E-state index contributed by atoms with van der Waals surface area (Å²) < 4.78 is 5.69. The van der Waals surface area contributed by atoms with Crippen LogP contribution >= 0.6 is 15.9 Å². The maximum absolute atomic E-state index is 11.3. The van der Waals surface area contributed by atoms with Gasteiger partial charge in [-0.05, 0) is 22.0 Å². The molecule has 0 heterocycles. The summed E-state index contributed by atoms with van der Waals surface area (Å²) in [7, 11) is 0. The van der Waals surface area contributed by atoms with Crippen LogP contribution in [0.3, 0.4) is 0 Å². The fraction of sp³-hybridized carbons (Fsp3) is 0.273. The summed E-state index contributed by atoms with van der Waals surface area (Å²) in [6.07, 6.45) is 0.215. The zero-order chi connectivity index (χ0) is 14.3. The zero-order valence-corrected chi connectivity index (χ0v) is 11.3. The van der Waals surface area contributed by atoms with E-state index in [4.69, 9.17) is 10.00 Å². The van der Waals surface area contributed by atoms with E-state index in [9.17, 15) is 14.9 Å². The number of nitro groups is 1. The molecule has 0 atom stereocenters. The molecule has 1 rings (SSSR count). The van der Waals surface area contributed by atoms with Crippen LogP contribution in [-0.4, -0.2) is 24.0 Å². The van der Waals surface area contributed by atoms with Crippen LogP contribution in [0.5, 0.6) is 5.75 Å². The minimum atomic E-state index is -0.549. The van der Waals surface area contributed by atoms with Crippen LogP contribution in [0.4, 0.5) is 5.69 Å². The van der Waals surface area contributed by atoms with Gasteiger partial charge >= 0.3 is 0 Å². The highest BCUT2D eigenvalue weighted by Crippen LogP contribution is 2.29. The monoisotopic (exact) mass is 327 g/mol. The third kappa shape index (κ3) is 4.93. The van der Waals surface area contributed by atoms with Crippen LogP contribution < -0.4 is 10.1 Å². The van der Waals surface area contributed by atoms with Gasteiger partial charge in [0.1, 0.15) is 5.75 Å². The van der Waals surface area contributed by atoms with E-state index in [0.717, 1.165) is 0 Å². The van der Waals surface area contributed by atoms with E-state index in [2.05, 4.69) is 21.2 Å². The summed E-state index contributed by atoms with van der Waals surface area (Å²) in [5.74, 6) is -0.182. The van der Waals surface area contributed by atoms with Crippen LogP contribution in [0.2, 0.25) is 0 Å². The molecule has 0 saturated carbocycles. The van der Waals surface area contributed by atoms with Gasteiger partial charge in [0.25, 0.3) is 11.6 Å². The van der Waals surface area contributed by atoms with E-state index in [-0.39, 0.29) is 31.0 Å². The number of nitrogens with one attached hydrogen (secondary N) is 1. The molecule has 7 nitrogen and oxygen atoms in total. The topological polar surface area (TPSA) is 105 Å². The number of nitrogens with zero attached hydrogens (tertiary/aromatic N) is 2. The van der Waals surface area contributed by atoms with E-state index in [1.807, 2.05) is 6.07 Å². The summed E-state index contributed by atoms with van der Waals surface area (Å²) in [5.41, 5.74) is -0.122. The van der Waals surface area contributed by atoms with E-state index in [1.165, 1.54) is 18.2 Å².